The van der Waals surface area contributed by atoms with Crippen LogP contribution < -0.4 is 0 Å². The Balaban J connectivity index is 0.000000561. The average Bonchev–Trinajstić information content (AvgIpc) is 2.04. The fraction of sp³-hybridized carbons (Fsp3) is 1.00. The zero-order valence-electron chi connectivity index (χ0n) is 9.17. The van der Waals surface area contributed by atoms with Gasteiger partial charge in [-0.1, -0.05) is 34.6 Å². The van der Waals surface area contributed by atoms with Gasteiger partial charge in [0.15, 0.2) is 0 Å². The maximum atomic E-state index is 9.56. The van der Waals surface area contributed by atoms with Crippen LogP contribution in [-0.2, 0) is 0 Å². The fourth-order valence-electron chi connectivity index (χ4n) is 2.21. The van der Waals surface area contributed by atoms with Gasteiger partial charge in [0.1, 0.15) is 0 Å². The predicted octanol–water partition coefficient (Wildman–Crippen LogP) is 3.08. The molecule has 0 radical (unpaired) electrons. The smallest absolute Gasteiger partial charge is 0.0591 e. The van der Waals surface area contributed by atoms with Crippen LogP contribution in [0.2, 0.25) is 0 Å². The minimum absolute atomic E-state index is 0.0452. The van der Waals surface area contributed by atoms with Crippen LogP contribution in [-0.4, -0.2) is 11.2 Å². The van der Waals surface area contributed by atoms with Gasteiger partial charge in [-0.15, -0.1) is 0 Å². The minimum atomic E-state index is -0.0452. The van der Waals surface area contributed by atoms with Crippen molar-refractivity contribution in [3.05, 3.63) is 0 Å². The van der Waals surface area contributed by atoms with Crippen molar-refractivity contribution in [3.63, 3.8) is 0 Å². The van der Waals surface area contributed by atoms with Crippen LogP contribution in [0.1, 0.15) is 47.5 Å². The number of aliphatic hydroxyl groups is 1. The Morgan fingerprint density at radius 1 is 0.917 bits per heavy atom. The van der Waals surface area contributed by atoms with Gasteiger partial charge in [-0.25, -0.2) is 0 Å². The third-order valence-corrected chi connectivity index (χ3v) is 2.71. The largest absolute Gasteiger partial charge is 0.393 e. The zero-order valence-corrected chi connectivity index (χ0v) is 9.17. The molecule has 0 heterocycles. The van der Waals surface area contributed by atoms with Gasteiger partial charge in [-0.05, 0) is 30.6 Å². The van der Waals surface area contributed by atoms with E-state index >= 15 is 0 Å². The Morgan fingerprint density at radius 2 is 1.25 bits per heavy atom. The van der Waals surface area contributed by atoms with Crippen molar-refractivity contribution in [2.24, 2.45) is 17.8 Å². The summed E-state index contributed by atoms with van der Waals surface area (Å²) >= 11 is 0. The lowest BCUT2D eigenvalue weighted by Gasteiger charge is -2.34. The van der Waals surface area contributed by atoms with E-state index in [1.54, 1.807) is 0 Å². The van der Waals surface area contributed by atoms with Gasteiger partial charge in [-0.3, -0.25) is 0 Å². The van der Waals surface area contributed by atoms with Crippen molar-refractivity contribution in [2.75, 3.05) is 0 Å². The van der Waals surface area contributed by atoms with E-state index in [1.165, 1.54) is 12.8 Å². The minimum Gasteiger partial charge on any atom is -0.393 e. The van der Waals surface area contributed by atoms with Crippen molar-refractivity contribution in [3.8, 4) is 0 Å². The standard InChI is InChI=1S/C9H18O.C2H6/c1-6-4-7(2)9(10)8(3)5-6;1-2/h6-10H,4-5H2,1-3H3;1-2H3. The molecular formula is C11H24O. The van der Waals surface area contributed by atoms with Crippen molar-refractivity contribution in [1.29, 1.82) is 0 Å². The van der Waals surface area contributed by atoms with Gasteiger partial charge >= 0.3 is 0 Å². The monoisotopic (exact) mass is 172 g/mol. The lowest BCUT2D eigenvalue weighted by Crippen LogP contribution is -2.33. The summed E-state index contributed by atoms with van der Waals surface area (Å²) in [6.45, 7) is 10.6. The molecule has 1 rings (SSSR count). The predicted molar refractivity (Wildman–Crippen MR) is 54.1 cm³/mol. The second-order valence-corrected chi connectivity index (χ2v) is 4.02. The van der Waals surface area contributed by atoms with Gasteiger partial charge in [0.05, 0.1) is 6.10 Å². The van der Waals surface area contributed by atoms with E-state index in [1.807, 2.05) is 13.8 Å². The van der Waals surface area contributed by atoms with Gasteiger partial charge in [0.2, 0.25) is 0 Å². The molecule has 2 unspecified atom stereocenters. The molecular weight excluding hydrogens is 148 g/mol. The van der Waals surface area contributed by atoms with E-state index < -0.39 is 0 Å². The number of hydrogen-bond acceptors (Lipinski definition) is 1. The molecule has 1 saturated carbocycles. The number of aliphatic hydroxyl groups excluding tert-OH is 1. The molecule has 0 spiro atoms. The summed E-state index contributed by atoms with van der Waals surface area (Å²) in [5, 5.41) is 9.56. The number of hydrogen-bond donors (Lipinski definition) is 1. The van der Waals surface area contributed by atoms with E-state index in [0.29, 0.717) is 11.8 Å². The fourth-order valence-corrected chi connectivity index (χ4v) is 2.21. The van der Waals surface area contributed by atoms with E-state index in [9.17, 15) is 5.11 Å². The van der Waals surface area contributed by atoms with Crippen molar-refractivity contribution in [2.45, 2.75) is 53.6 Å². The summed E-state index contributed by atoms with van der Waals surface area (Å²) in [5.41, 5.74) is 0. The Hall–Kier alpha value is -0.0400. The topological polar surface area (TPSA) is 20.2 Å². The molecule has 0 aliphatic heterocycles. The molecule has 0 aromatic rings. The van der Waals surface area contributed by atoms with Crippen LogP contribution in [0, 0.1) is 17.8 Å². The number of rotatable bonds is 0. The molecule has 0 saturated heterocycles. The molecule has 0 bridgehead atoms. The molecule has 2 atom stereocenters. The average molecular weight is 172 g/mol. The molecule has 1 heteroatoms. The first-order valence-corrected chi connectivity index (χ1v) is 5.29. The van der Waals surface area contributed by atoms with E-state index in [4.69, 9.17) is 0 Å². The van der Waals surface area contributed by atoms with Crippen molar-refractivity contribution < 1.29 is 5.11 Å². The Morgan fingerprint density at radius 3 is 1.58 bits per heavy atom. The molecule has 0 aromatic heterocycles. The van der Waals surface area contributed by atoms with E-state index in [-0.39, 0.29) is 6.10 Å². The molecule has 0 amide bonds. The lowest BCUT2D eigenvalue weighted by molar-refractivity contribution is 0.0150. The van der Waals surface area contributed by atoms with Crippen LogP contribution in [0.15, 0.2) is 0 Å². The second kappa shape index (κ2) is 5.58. The van der Waals surface area contributed by atoms with Crippen LogP contribution in [0.3, 0.4) is 0 Å². The van der Waals surface area contributed by atoms with Gasteiger partial charge < -0.3 is 5.11 Å². The van der Waals surface area contributed by atoms with E-state index in [2.05, 4.69) is 20.8 Å². The summed E-state index contributed by atoms with van der Waals surface area (Å²) in [5.74, 6) is 1.84. The molecule has 1 aliphatic rings. The van der Waals surface area contributed by atoms with Crippen molar-refractivity contribution >= 4 is 0 Å². The van der Waals surface area contributed by atoms with Crippen LogP contribution in [0.5, 0.6) is 0 Å². The first-order chi connectivity index (χ1) is 5.61. The van der Waals surface area contributed by atoms with Crippen molar-refractivity contribution in [1.82, 2.24) is 0 Å². The quantitative estimate of drug-likeness (QED) is 0.595. The maximum Gasteiger partial charge on any atom is 0.0591 e. The zero-order chi connectivity index (χ0) is 9.72. The third kappa shape index (κ3) is 3.14. The highest BCUT2D eigenvalue weighted by Gasteiger charge is 2.29. The SMILES string of the molecule is CC.CC1CC(C)C(O)C(C)C1. The second-order valence-electron chi connectivity index (χ2n) is 4.02. The molecule has 1 fully saturated rings. The molecule has 1 aliphatic carbocycles. The first kappa shape index (κ1) is 12.0. The molecule has 74 valence electrons. The van der Waals surface area contributed by atoms with Gasteiger partial charge in [0.25, 0.3) is 0 Å². The van der Waals surface area contributed by atoms with Crippen LogP contribution in [0.4, 0.5) is 0 Å². The highest BCUT2D eigenvalue weighted by molar-refractivity contribution is 4.79. The van der Waals surface area contributed by atoms with E-state index in [0.717, 1.165) is 5.92 Å². The van der Waals surface area contributed by atoms with Gasteiger partial charge in [-0.2, -0.15) is 0 Å². The summed E-state index contributed by atoms with van der Waals surface area (Å²) in [6, 6.07) is 0. The highest BCUT2D eigenvalue weighted by Crippen LogP contribution is 2.32. The Bertz CT molecular complexity index is 99.6. The summed E-state index contributed by atoms with van der Waals surface area (Å²) in [6.07, 6.45) is 2.35. The Labute approximate surface area is 77.2 Å². The normalized spacial score (nSPS) is 41.5. The lowest BCUT2D eigenvalue weighted by atomic mass is 9.75. The Kier molecular flexibility index (Phi) is 5.56. The molecule has 0 aromatic carbocycles. The van der Waals surface area contributed by atoms with Gasteiger partial charge in [0, 0.05) is 0 Å². The summed E-state index contributed by atoms with van der Waals surface area (Å²) in [4.78, 5) is 0. The summed E-state index contributed by atoms with van der Waals surface area (Å²) in [7, 11) is 0. The summed E-state index contributed by atoms with van der Waals surface area (Å²) < 4.78 is 0. The molecule has 1 nitrogen and oxygen atoms in total. The first-order valence-electron chi connectivity index (χ1n) is 5.29. The molecule has 12 heavy (non-hydrogen) atoms. The van der Waals surface area contributed by atoms with Crippen LogP contribution in [0.25, 0.3) is 0 Å². The van der Waals surface area contributed by atoms with Crippen LogP contribution >= 0.6 is 0 Å². The maximum absolute atomic E-state index is 9.56. The molecule has 1 N–H and O–H groups in total. The highest BCUT2D eigenvalue weighted by atomic mass is 16.3. The third-order valence-electron chi connectivity index (χ3n) is 2.71.